The topological polar surface area (TPSA) is 95.9 Å². The maximum absolute atomic E-state index is 13.6. The summed E-state index contributed by atoms with van der Waals surface area (Å²) in [6.45, 7) is 8.77. The first-order valence-corrected chi connectivity index (χ1v) is 12.5. The zero-order chi connectivity index (χ0) is 23.7. The van der Waals surface area contributed by atoms with E-state index in [1.165, 1.54) is 0 Å². The van der Waals surface area contributed by atoms with Crippen LogP contribution in [0.25, 0.3) is 0 Å². The molecule has 0 aromatic carbocycles. The summed E-state index contributed by atoms with van der Waals surface area (Å²) in [5, 5.41) is 12.1. The molecule has 1 heterocycles. The number of rotatable bonds is 13. The third-order valence-corrected chi connectivity index (χ3v) is 6.83. The molecular formula is C25H42N2O5. The van der Waals surface area contributed by atoms with Gasteiger partial charge in [-0.05, 0) is 45.4 Å². The molecule has 0 spiro atoms. The van der Waals surface area contributed by atoms with Crippen molar-refractivity contribution in [3.8, 4) is 0 Å². The van der Waals surface area contributed by atoms with E-state index < -0.39 is 17.9 Å². The van der Waals surface area contributed by atoms with Gasteiger partial charge in [-0.3, -0.25) is 14.4 Å². The fourth-order valence-electron chi connectivity index (χ4n) is 5.27. The molecule has 1 fully saturated rings. The van der Waals surface area contributed by atoms with Crippen LogP contribution in [0.4, 0.5) is 0 Å². The van der Waals surface area contributed by atoms with E-state index in [1.807, 2.05) is 26.0 Å². The standard InChI is InChI=1S/C25H42N2O5/c1-5-12-17(4)26-23(29)22-19-14-13-18(6-2)20(25(31)32-7-3)21(19)24(30)27(22)15-10-8-9-11-16-28/h13-14,17-22,28H,5-12,15-16H2,1-4H3,(H,26,29)/t17?,18-,19+,20-,21+,22+/m1/s1. The molecule has 0 aromatic rings. The quantitative estimate of drug-likeness (QED) is 0.255. The Hall–Kier alpha value is -1.89. The van der Waals surface area contributed by atoms with Crippen molar-refractivity contribution >= 4 is 17.8 Å². The highest BCUT2D eigenvalue weighted by atomic mass is 16.5. The lowest BCUT2D eigenvalue weighted by Crippen LogP contribution is -2.49. The van der Waals surface area contributed by atoms with Crippen molar-refractivity contribution in [2.75, 3.05) is 19.8 Å². The van der Waals surface area contributed by atoms with Gasteiger partial charge in [0.05, 0.1) is 18.4 Å². The first-order valence-electron chi connectivity index (χ1n) is 12.5. The Morgan fingerprint density at radius 1 is 1.16 bits per heavy atom. The minimum absolute atomic E-state index is 0.0323. The summed E-state index contributed by atoms with van der Waals surface area (Å²) in [5.41, 5.74) is 0. The second kappa shape index (κ2) is 13.0. The lowest BCUT2D eigenvalue weighted by Gasteiger charge is -2.33. The van der Waals surface area contributed by atoms with Crippen molar-refractivity contribution in [1.29, 1.82) is 0 Å². The van der Waals surface area contributed by atoms with Crippen molar-refractivity contribution in [3.63, 3.8) is 0 Å². The maximum atomic E-state index is 13.6. The highest BCUT2D eigenvalue weighted by Crippen LogP contribution is 2.45. The number of aliphatic hydroxyl groups is 1. The molecule has 1 aliphatic heterocycles. The van der Waals surface area contributed by atoms with Gasteiger partial charge in [0.1, 0.15) is 6.04 Å². The molecule has 6 atom stereocenters. The third-order valence-electron chi connectivity index (χ3n) is 6.83. The van der Waals surface area contributed by atoms with Crippen LogP contribution in [0.3, 0.4) is 0 Å². The predicted molar refractivity (Wildman–Crippen MR) is 124 cm³/mol. The van der Waals surface area contributed by atoms with E-state index in [4.69, 9.17) is 9.84 Å². The van der Waals surface area contributed by atoms with Gasteiger partial charge in [-0.2, -0.15) is 0 Å². The van der Waals surface area contributed by atoms with Crippen LogP contribution in [-0.4, -0.2) is 59.6 Å². The molecule has 0 bridgehead atoms. The average Bonchev–Trinajstić information content (AvgIpc) is 3.05. The molecule has 7 heteroatoms. The van der Waals surface area contributed by atoms with Crippen LogP contribution < -0.4 is 5.32 Å². The molecule has 0 saturated carbocycles. The number of hydrogen-bond acceptors (Lipinski definition) is 5. The van der Waals surface area contributed by atoms with E-state index >= 15 is 0 Å². The molecule has 1 aliphatic carbocycles. The van der Waals surface area contributed by atoms with Crippen LogP contribution in [0.2, 0.25) is 0 Å². The van der Waals surface area contributed by atoms with Gasteiger partial charge in [0.2, 0.25) is 11.8 Å². The predicted octanol–water partition coefficient (Wildman–Crippen LogP) is 3.06. The number of carbonyl (C=O) groups is 3. The summed E-state index contributed by atoms with van der Waals surface area (Å²) < 4.78 is 5.36. The normalized spacial score (nSPS) is 27.8. The molecule has 2 amide bonds. The van der Waals surface area contributed by atoms with E-state index in [2.05, 4.69) is 12.2 Å². The maximum Gasteiger partial charge on any atom is 0.310 e. The van der Waals surface area contributed by atoms with Gasteiger partial charge >= 0.3 is 5.97 Å². The summed E-state index contributed by atoms with van der Waals surface area (Å²) in [5.74, 6) is -2.08. The summed E-state index contributed by atoms with van der Waals surface area (Å²) >= 11 is 0. The lowest BCUT2D eigenvalue weighted by molar-refractivity contribution is -0.155. The highest BCUT2D eigenvalue weighted by molar-refractivity contribution is 5.96. The molecule has 32 heavy (non-hydrogen) atoms. The van der Waals surface area contributed by atoms with Crippen molar-refractivity contribution in [2.24, 2.45) is 23.7 Å². The molecule has 2 N–H and O–H groups in total. The Bertz CT molecular complexity index is 665. The summed E-state index contributed by atoms with van der Waals surface area (Å²) in [7, 11) is 0. The van der Waals surface area contributed by atoms with Crippen LogP contribution in [-0.2, 0) is 19.1 Å². The number of likely N-dealkylation sites (tertiary alicyclic amines) is 1. The van der Waals surface area contributed by atoms with Crippen molar-refractivity contribution in [2.45, 2.75) is 84.7 Å². The molecule has 2 rings (SSSR count). The van der Waals surface area contributed by atoms with Gasteiger partial charge in [-0.25, -0.2) is 0 Å². The fourth-order valence-corrected chi connectivity index (χ4v) is 5.27. The smallest absolute Gasteiger partial charge is 0.310 e. The van der Waals surface area contributed by atoms with Gasteiger partial charge in [0, 0.05) is 25.1 Å². The van der Waals surface area contributed by atoms with Crippen LogP contribution in [0.5, 0.6) is 0 Å². The lowest BCUT2D eigenvalue weighted by atomic mass is 9.69. The van der Waals surface area contributed by atoms with Crippen LogP contribution in [0, 0.1) is 23.7 Å². The van der Waals surface area contributed by atoms with E-state index in [9.17, 15) is 14.4 Å². The SMILES string of the molecule is CCCC(C)NC(=O)[C@@H]1[C@H]2C=C[C@@H](CC)[C@@H](C(=O)OCC)[C@H]2C(=O)N1CCCCCCO. The number of ether oxygens (including phenoxy) is 1. The fraction of sp³-hybridized carbons (Fsp3) is 0.800. The number of nitrogens with one attached hydrogen (secondary N) is 1. The first kappa shape index (κ1) is 26.4. The Morgan fingerprint density at radius 3 is 2.50 bits per heavy atom. The van der Waals surface area contributed by atoms with Crippen molar-refractivity contribution in [1.82, 2.24) is 10.2 Å². The molecular weight excluding hydrogens is 408 g/mol. The van der Waals surface area contributed by atoms with Crippen LogP contribution in [0.1, 0.15) is 72.6 Å². The van der Waals surface area contributed by atoms with Gasteiger partial charge in [-0.1, -0.05) is 45.3 Å². The van der Waals surface area contributed by atoms with Gasteiger partial charge < -0.3 is 20.1 Å². The minimum Gasteiger partial charge on any atom is -0.466 e. The molecule has 1 saturated heterocycles. The van der Waals surface area contributed by atoms with Crippen molar-refractivity contribution < 1.29 is 24.2 Å². The number of fused-ring (bicyclic) bond motifs is 1. The molecule has 182 valence electrons. The summed E-state index contributed by atoms with van der Waals surface area (Å²) in [6.07, 6.45) is 9.86. The molecule has 0 aromatic heterocycles. The molecule has 1 unspecified atom stereocenters. The van der Waals surface area contributed by atoms with Gasteiger partial charge in [0.15, 0.2) is 0 Å². The zero-order valence-electron chi connectivity index (χ0n) is 20.2. The second-order valence-electron chi connectivity index (χ2n) is 9.15. The van der Waals surface area contributed by atoms with Crippen LogP contribution >= 0.6 is 0 Å². The zero-order valence-corrected chi connectivity index (χ0v) is 20.2. The number of nitrogens with zero attached hydrogens (tertiary/aromatic N) is 1. The number of carbonyl (C=O) groups excluding carboxylic acids is 3. The molecule has 0 radical (unpaired) electrons. The van der Waals surface area contributed by atoms with Gasteiger partial charge in [0.25, 0.3) is 0 Å². The monoisotopic (exact) mass is 450 g/mol. The van der Waals surface area contributed by atoms with Crippen molar-refractivity contribution in [3.05, 3.63) is 12.2 Å². The Kier molecular flexibility index (Phi) is 10.7. The molecule has 2 aliphatic rings. The Morgan fingerprint density at radius 2 is 1.88 bits per heavy atom. The first-order chi connectivity index (χ1) is 15.4. The Labute approximate surface area is 192 Å². The number of hydrogen-bond donors (Lipinski definition) is 2. The van der Waals surface area contributed by atoms with E-state index in [0.29, 0.717) is 6.54 Å². The van der Waals surface area contributed by atoms with Crippen LogP contribution in [0.15, 0.2) is 12.2 Å². The Balaban J connectivity index is 2.31. The van der Waals surface area contributed by atoms with Gasteiger partial charge in [-0.15, -0.1) is 0 Å². The highest BCUT2D eigenvalue weighted by Gasteiger charge is 2.57. The minimum atomic E-state index is -0.601. The largest absolute Gasteiger partial charge is 0.466 e. The number of allylic oxidation sites excluding steroid dienone is 1. The number of amides is 2. The van der Waals surface area contributed by atoms with E-state index in [-0.39, 0.29) is 48.9 Å². The van der Waals surface area contributed by atoms with E-state index in [1.54, 1.807) is 11.8 Å². The third kappa shape index (κ3) is 6.12. The second-order valence-corrected chi connectivity index (χ2v) is 9.15. The number of esters is 1. The number of aliphatic hydroxyl groups excluding tert-OH is 1. The molecule has 7 nitrogen and oxygen atoms in total. The van der Waals surface area contributed by atoms with E-state index in [0.717, 1.165) is 44.9 Å². The summed E-state index contributed by atoms with van der Waals surface area (Å²) in [4.78, 5) is 41.6. The average molecular weight is 451 g/mol. The summed E-state index contributed by atoms with van der Waals surface area (Å²) in [6, 6.07) is -0.569. The number of unbranched alkanes of at least 4 members (excludes halogenated alkanes) is 3.